The summed E-state index contributed by atoms with van der Waals surface area (Å²) in [5.74, 6) is 2.18. The molecule has 1 saturated carbocycles. The molecule has 6 atom stereocenters. The van der Waals surface area contributed by atoms with E-state index in [0.717, 1.165) is 93.1 Å². The Morgan fingerprint density at radius 3 is 2.53 bits per heavy atom. The summed E-state index contributed by atoms with van der Waals surface area (Å²) in [5, 5.41) is 15.9. The van der Waals surface area contributed by atoms with Crippen molar-refractivity contribution in [1.29, 1.82) is 0 Å². The van der Waals surface area contributed by atoms with Gasteiger partial charge in [-0.2, -0.15) is 0 Å². The maximum atomic E-state index is 13.5. The summed E-state index contributed by atoms with van der Waals surface area (Å²) < 4.78 is 41.0. The van der Waals surface area contributed by atoms with Gasteiger partial charge in [0, 0.05) is 55.3 Å². The normalized spacial score (nSPS) is 34.1. The number of anilines is 1. The van der Waals surface area contributed by atoms with Crippen LogP contribution in [0.25, 0.3) is 0 Å². The van der Waals surface area contributed by atoms with Crippen LogP contribution in [0.5, 0.6) is 5.75 Å². The number of hydrogen-bond acceptors (Lipinski definition) is 11. The fourth-order valence-electron chi connectivity index (χ4n) is 9.80. The number of ether oxygens (including phenoxy) is 2. The number of halogens is 1. The molecule has 9 rings (SSSR count). The Hall–Kier alpha value is -1.97. The molecule has 1 spiro atoms. The van der Waals surface area contributed by atoms with Crippen molar-refractivity contribution in [2.75, 3.05) is 75.5 Å². The molecule has 312 valence electrons. The molecule has 5 heterocycles. The third kappa shape index (κ3) is 8.79. The second-order valence-corrected chi connectivity index (χ2v) is 22.5. The monoisotopic (exact) mass is 858 g/mol. The van der Waals surface area contributed by atoms with Gasteiger partial charge < -0.3 is 24.8 Å². The van der Waals surface area contributed by atoms with Crippen molar-refractivity contribution in [2.24, 2.45) is 17.8 Å². The Balaban J connectivity index is 0.000000394. The standard InChI is InChI=1S/C36H45ClN2O5S3.C7H14N2O/c1-23-6-3-15-36(41,34-45-16-5-17-46-34)30-11-8-27(30)20-39-21-35(14-4-7-25-18-28(37)10-12-29(25)35)22-44-32-13-9-26(19-31(32)39)33(40)38-47(42,43)24(23)2;1-3-9(4-2-8-1)7-5-10-6-7/h3,9-10,12-13,15,18-19,23-24,27,30,34,41H,4-8,11,14,16-17,20-22H2,1-2H3,(H,38,40);7-8H,1-6H2/b15-3+;/t23-,24+,27-,30+,35-,36+;/m0./s1. The molecule has 0 aromatic heterocycles. The molecule has 14 heteroatoms. The molecule has 7 aliphatic rings. The van der Waals surface area contributed by atoms with E-state index < -0.39 is 26.8 Å². The van der Waals surface area contributed by atoms with E-state index >= 15 is 0 Å². The molecule has 2 aromatic carbocycles. The molecule has 0 unspecified atom stereocenters. The van der Waals surface area contributed by atoms with E-state index in [1.54, 1.807) is 19.1 Å². The molecule has 2 bridgehead atoms. The Bertz CT molecular complexity index is 1900. The molecule has 2 aromatic rings. The lowest BCUT2D eigenvalue weighted by Gasteiger charge is -2.51. The molecule has 2 aliphatic carbocycles. The number of thioether (sulfide) groups is 2. The van der Waals surface area contributed by atoms with Gasteiger partial charge >= 0.3 is 0 Å². The molecule has 3 N–H and O–H groups in total. The van der Waals surface area contributed by atoms with E-state index in [1.807, 2.05) is 54.7 Å². The number of aryl methyl sites for hydroxylation is 1. The van der Waals surface area contributed by atoms with Crippen molar-refractivity contribution in [2.45, 2.75) is 85.7 Å². The molecule has 3 saturated heterocycles. The number of nitrogens with one attached hydrogen (secondary N) is 2. The van der Waals surface area contributed by atoms with Crippen molar-refractivity contribution in [3.05, 3.63) is 70.3 Å². The lowest BCUT2D eigenvalue weighted by Crippen LogP contribution is -2.55. The van der Waals surface area contributed by atoms with Crippen molar-refractivity contribution in [3.8, 4) is 5.75 Å². The summed E-state index contributed by atoms with van der Waals surface area (Å²) in [6.07, 6.45) is 10.5. The predicted octanol–water partition coefficient (Wildman–Crippen LogP) is 6.10. The maximum absolute atomic E-state index is 13.5. The highest BCUT2D eigenvalue weighted by atomic mass is 35.5. The van der Waals surface area contributed by atoms with Crippen LogP contribution in [0, 0.1) is 17.8 Å². The molecule has 4 fully saturated rings. The number of amides is 1. The van der Waals surface area contributed by atoms with E-state index in [9.17, 15) is 18.3 Å². The number of carbonyl (C=O) groups is 1. The number of allylic oxidation sites excluding steroid dienone is 1. The van der Waals surface area contributed by atoms with Gasteiger partial charge in [-0.05, 0) is 123 Å². The van der Waals surface area contributed by atoms with Crippen LogP contribution in [0.3, 0.4) is 0 Å². The van der Waals surface area contributed by atoms with E-state index in [4.69, 9.17) is 21.1 Å². The summed E-state index contributed by atoms with van der Waals surface area (Å²) in [4.78, 5) is 18.4. The Kier molecular flexibility index (Phi) is 12.9. The first kappa shape index (κ1) is 41.8. The van der Waals surface area contributed by atoms with E-state index in [1.165, 1.54) is 24.2 Å². The molecule has 57 heavy (non-hydrogen) atoms. The van der Waals surface area contributed by atoms with Crippen LogP contribution in [0.15, 0.2) is 48.6 Å². The van der Waals surface area contributed by atoms with E-state index in [2.05, 4.69) is 32.0 Å². The van der Waals surface area contributed by atoms with Gasteiger partial charge in [0.25, 0.3) is 5.91 Å². The number of aliphatic hydroxyl groups is 1. The van der Waals surface area contributed by atoms with Gasteiger partial charge in [0.15, 0.2) is 0 Å². The third-order valence-electron chi connectivity index (χ3n) is 13.7. The minimum atomic E-state index is -3.95. The summed E-state index contributed by atoms with van der Waals surface area (Å²) in [6.45, 7) is 12.1. The molecular weight excluding hydrogens is 800 g/mol. The Morgan fingerprint density at radius 2 is 1.81 bits per heavy atom. The highest BCUT2D eigenvalue weighted by Crippen LogP contribution is 2.53. The van der Waals surface area contributed by atoms with Crippen LogP contribution in [0.2, 0.25) is 5.02 Å². The van der Waals surface area contributed by atoms with Crippen molar-refractivity contribution in [3.63, 3.8) is 0 Å². The first-order valence-electron chi connectivity index (χ1n) is 21.0. The molecular formula is C43H59ClN4O6S3. The summed E-state index contributed by atoms with van der Waals surface area (Å²) in [5.41, 5.74) is 2.32. The van der Waals surface area contributed by atoms with Crippen molar-refractivity contribution in [1.82, 2.24) is 14.9 Å². The van der Waals surface area contributed by atoms with Crippen LogP contribution in [0.4, 0.5) is 5.69 Å². The number of fused-ring (bicyclic) bond motifs is 4. The van der Waals surface area contributed by atoms with Gasteiger partial charge in [-0.15, -0.1) is 23.5 Å². The second kappa shape index (κ2) is 17.6. The number of nitrogens with zero attached hydrogens (tertiary/aromatic N) is 2. The molecule has 5 aliphatic heterocycles. The smallest absolute Gasteiger partial charge is 0.264 e. The average molecular weight is 860 g/mol. The lowest BCUT2D eigenvalue weighted by molar-refractivity contribution is -0.0677. The summed E-state index contributed by atoms with van der Waals surface area (Å²) in [6, 6.07) is 12.2. The molecule has 0 radical (unpaired) electrons. The van der Waals surface area contributed by atoms with Gasteiger partial charge in [0.05, 0.1) is 41.4 Å². The number of sulfonamides is 1. The van der Waals surface area contributed by atoms with Gasteiger partial charge in [0.1, 0.15) is 11.4 Å². The lowest BCUT2D eigenvalue weighted by atomic mass is 9.64. The van der Waals surface area contributed by atoms with E-state index in [-0.39, 0.29) is 33.3 Å². The summed E-state index contributed by atoms with van der Waals surface area (Å²) >= 11 is 10.2. The second-order valence-electron chi connectivity index (χ2n) is 17.3. The highest BCUT2D eigenvalue weighted by Gasteiger charge is 2.52. The van der Waals surface area contributed by atoms with Gasteiger partial charge in [-0.25, -0.2) is 13.1 Å². The molecule has 1 amide bonds. The van der Waals surface area contributed by atoms with E-state index in [0.29, 0.717) is 31.9 Å². The number of piperazine rings is 1. The summed E-state index contributed by atoms with van der Waals surface area (Å²) in [7, 11) is -3.95. The number of hydrogen-bond donors (Lipinski definition) is 3. The largest absolute Gasteiger partial charge is 0.490 e. The number of rotatable bonds is 2. The van der Waals surface area contributed by atoms with Gasteiger partial charge in [-0.1, -0.05) is 36.7 Å². The van der Waals surface area contributed by atoms with Crippen LogP contribution in [-0.4, -0.2) is 116 Å². The topological polar surface area (TPSA) is 120 Å². The van der Waals surface area contributed by atoms with Crippen LogP contribution in [-0.2, 0) is 26.6 Å². The zero-order valence-electron chi connectivity index (χ0n) is 33.3. The fraction of sp³-hybridized carbons (Fsp3) is 0.651. The third-order valence-corrected chi connectivity index (χ3v) is 19.1. The van der Waals surface area contributed by atoms with Crippen LogP contribution in [0.1, 0.15) is 73.9 Å². The minimum Gasteiger partial charge on any atom is -0.490 e. The van der Waals surface area contributed by atoms with Crippen molar-refractivity contribution >= 4 is 56.7 Å². The first-order chi connectivity index (χ1) is 27.5. The van der Waals surface area contributed by atoms with Crippen LogP contribution >= 0.6 is 35.1 Å². The van der Waals surface area contributed by atoms with Gasteiger partial charge in [0.2, 0.25) is 10.0 Å². The Labute approximate surface area is 352 Å². The SMILES string of the molecule is C1CN(C2COC2)CCN1.C[C@@H]1[C@@H](C)C/C=C/[C@](O)(C2SCCCS2)[C@@H]2CC[C@H]2CN2C[C@@]3(CCCc4cc(Cl)ccc43)COc3ccc(cc32)C(=O)NS1(=O)=O. The predicted molar refractivity (Wildman–Crippen MR) is 233 cm³/mol. The van der Waals surface area contributed by atoms with Gasteiger partial charge in [-0.3, -0.25) is 9.69 Å². The molecule has 10 nitrogen and oxygen atoms in total. The highest BCUT2D eigenvalue weighted by molar-refractivity contribution is 8.17. The maximum Gasteiger partial charge on any atom is 0.264 e. The average Bonchev–Trinajstić information content (AvgIpc) is 3.32. The first-order valence-corrected chi connectivity index (χ1v) is 25.0. The van der Waals surface area contributed by atoms with Crippen LogP contribution < -0.4 is 19.7 Å². The number of carbonyl (C=O) groups excluding carboxylic acids is 1. The minimum absolute atomic E-state index is 0.0302. The quantitative estimate of drug-likeness (QED) is 0.304. The zero-order chi connectivity index (χ0) is 39.8. The zero-order valence-corrected chi connectivity index (χ0v) is 36.5. The Morgan fingerprint density at radius 1 is 1.02 bits per heavy atom. The van der Waals surface area contributed by atoms with Crippen molar-refractivity contribution < 1.29 is 27.8 Å². The number of benzene rings is 2. The fourth-order valence-corrected chi connectivity index (χ4v) is 14.5.